The van der Waals surface area contributed by atoms with Crippen molar-refractivity contribution in [2.75, 3.05) is 27.1 Å². The highest BCUT2D eigenvalue weighted by Crippen LogP contribution is 2.50. The second kappa shape index (κ2) is 10.6. The van der Waals surface area contributed by atoms with Crippen LogP contribution in [0, 0.1) is 6.92 Å². The molecular formula is C24H32O6S. The van der Waals surface area contributed by atoms with Crippen molar-refractivity contribution >= 4 is 9.84 Å². The quantitative estimate of drug-likeness (QED) is 0.488. The van der Waals surface area contributed by atoms with Gasteiger partial charge in [0.05, 0.1) is 38.1 Å². The lowest BCUT2D eigenvalue weighted by atomic mass is 10.00. The molecule has 0 aliphatic heterocycles. The molecule has 31 heavy (non-hydrogen) atoms. The van der Waals surface area contributed by atoms with Crippen molar-refractivity contribution in [3.63, 3.8) is 0 Å². The van der Waals surface area contributed by atoms with Gasteiger partial charge in [0, 0.05) is 11.1 Å². The summed E-state index contributed by atoms with van der Waals surface area (Å²) in [7, 11) is 1.27. The molecule has 2 aromatic carbocycles. The van der Waals surface area contributed by atoms with E-state index in [0.717, 1.165) is 16.7 Å². The fourth-order valence-corrected chi connectivity index (χ4v) is 4.83. The first kappa shape index (κ1) is 24.6. The van der Waals surface area contributed by atoms with Gasteiger partial charge >= 0.3 is 0 Å². The fourth-order valence-electron chi connectivity index (χ4n) is 3.38. The molecule has 0 aliphatic carbocycles. The average molecular weight is 449 g/mol. The largest absolute Gasteiger partial charge is 0.492 e. The first-order valence-corrected chi connectivity index (χ1v) is 11.7. The second-order valence-corrected chi connectivity index (χ2v) is 9.52. The van der Waals surface area contributed by atoms with Gasteiger partial charge in [-0.2, -0.15) is 0 Å². The van der Waals surface area contributed by atoms with Crippen molar-refractivity contribution in [1.82, 2.24) is 0 Å². The molecule has 0 aromatic heterocycles. The first-order chi connectivity index (χ1) is 14.7. The molecule has 170 valence electrons. The van der Waals surface area contributed by atoms with Crippen molar-refractivity contribution in [3.05, 3.63) is 53.1 Å². The summed E-state index contributed by atoms with van der Waals surface area (Å²) in [6.45, 7) is 7.62. The number of sulfone groups is 1. The number of hydrogen-bond donors (Lipinski definition) is 0. The predicted octanol–water partition coefficient (Wildman–Crippen LogP) is 4.77. The van der Waals surface area contributed by atoms with Crippen molar-refractivity contribution in [3.8, 4) is 23.0 Å². The summed E-state index contributed by atoms with van der Waals surface area (Å²) in [6.07, 6.45) is 2.29. The van der Waals surface area contributed by atoms with Gasteiger partial charge < -0.3 is 18.9 Å². The Morgan fingerprint density at radius 1 is 0.935 bits per heavy atom. The number of benzene rings is 2. The third kappa shape index (κ3) is 5.73. The Hall–Kier alpha value is -2.67. The van der Waals surface area contributed by atoms with E-state index in [9.17, 15) is 8.42 Å². The molecule has 0 saturated carbocycles. The zero-order valence-corrected chi connectivity index (χ0v) is 20.1. The number of methoxy groups -OCH3 is 3. The van der Waals surface area contributed by atoms with Gasteiger partial charge in [-0.25, -0.2) is 8.42 Å². The molecule has 0 saturated heterocycles. The minimum Gasteiger partial charge on any atom is -0.492 e. The first-order valence-electron chi connectivity index (χ1n) is 10.1. The Kier molecular flexibility index (Phi) is 8.39. The van der Waals surface area contributed by atoms with E-state index in [1.807, 2.05) is 33.8 Å². The topological polar surface area (TPSA) is 71.1 Å². The summed E-state index contributed by atoms with van der Waals surface area (Å²) in [4.78, 5) is 0.315. The standard InChI is InChI=1S/C24H32O6S/c1-16(2)30-21-18(4)20(22(27-5)24(29-7)23(21)28-6)14-13-17(3)15-31(25,26)19-11-9-8-10-12-19/h8-13,16H,14-15H2,1-7H3/b17-13+. The van der Waals surface area contributed by atoms with E-state index in [-0.39, 0.29) is 11.9 Å². The van der Waals surface area contributed by atoms with Crippen LogP contribution < -0.4 is 18.9 Å². The Bertz CT molecular complexity index is 1020. The van der Waals surface area contributed by atoms with E-state index in [4.69, 9.17) is 18.9 Å². The average Bonchev–Trinajstić information content (AvgIpc) is 2.73. The van der Waals surface area contributed by atoms with Crippen LogP contribution in [0.15, 0.2) is 46.9 Å². The molecule has 6 nitrogen and oxygen atoms in total. The van der Waals surface area contributed by atoms with E-state index in [1.54, 1.807) is 51.7 Å². The van der Waals surface area contributed by atoms with Gasteiger partial charge in [-0.05, 0) is 46.2 Å². The predicted molar refractivity (Wildman–Crippen MR) is 123 cm³/mol. The van der Waals surface area contributed by atoms with Crippen LogP contribution in [0.5, 0.6) is 23.0 Å². The van der Waals surface area contributed by atoms with Gasteiger partial charge in [0.2, 0.25) is 11.5 Å². The molecule has 0 unspecified atom stereocenters. The Morgan fingerprint density at radius 2 is 1.48 bits per heavy atom. The molecule has 2 aromatic rings. The third-order valence-electron chi connectivity index (χ3n) is 4.83. The molecule has 0 aliphatic rings. The molecule has 0 amide bonds. The van der Waals surface area contributed by atoms with Gasteiger partial charge in [-0.1, -0.05) is 29.8 Å². The minimum absolute atomic E-state index is 0.0545. The van der Waals surface area contributed by atoms with Crippen molar-refractivity contribution in [2.45, 2.75) is 45.1 Å². The van der Waals surface area contributed by atoms with Crippen LogP contribution >= 0.6 is 0 Å². The van der Waals surface area contributed by atoms with Crippen LogP contribution in [0.1, 0.15) is 31.9 Å². The Balaban J connectivity index is 2.45. The van der Waals surface area contributed by atoms with Crippen LogP contribution in [-0.4, -0.2) is 41.6 Å². The zero-order chi connectivity index (χ0) is 23.2. The van der Waals surface area contributed by atoms with E-state index in [2.05, 4.69) is 0 Å². The zero-order valence-electron chi connectivity index (χ0n) is 19.3. The lowest BCUT2D eigenvalue weighted by molar-refractivity contribution is 0.222. The van der Waals surface area contributed by atoms with Crippen LogP contribution in [0.25, 0.3) is 0 Å². The monoisotopic (exact) mass is 448 g/mol. The molecule has 7 heteroatoms. The maximum atomic E-state index is 12.7. The van der Waals surface area contributed by atoms with E-state index in [1.165, 1.54) is 0 Å². The van der Waals surface area contributed by atoms with Gasteiger partial charge in [0.15, 0.2) is 21.3 Å². The van der Waals surface area contributed by atoms with Crippen LogP contribution in [0.4, 0.5) is 0 Å². The van der Waals surface area contributed by atoms with Crippen molar-refractivity contribution in [2.24, 2.45) is 0 Å². The molecule has 2 rings (SSSR count). The summed E-state index contributed by atoms with van der Waals surface area (Å²) in [5.41, 5.74) is 2.46. The lowest BCUT2D eigenvalue weighted by Crippen LogP contribution is -2.11. The van der Waals surface area contributed by atoms with E-state index in [0.29, 0.717) is 34.3 Å². The highest BCUT2D eigenvalue weighted by molar-refractivity contribution is 7.91. The molecule has 0 heterocycles. The minimum atomic E-state index is -3.41. The highest BCUT2D eigenvalue weighted by atomic mass is 32.2. The molecular weight excluding hydrogens is 416 g/mol. The fraction of sp³-hybridized carbons (Fsp3) is 0.417. The highest BCUT2D eigenvalue weighted by Gasteiger charge is 2.26. The van der Waals surface area contributed by atoms with Gasteiger partial charge in [-0.3, -0.25) is 0 Å². The van der Waals surface area contributed by atoms with E-state index < -0.39 is 9.84 Å². The molecule has 0 spiro atoms. The normalized spacial score (nSPS) is 12.1. The maximum absolute atomic E-state index is 12.7. The molecule has 0 fully saturated rings. The summed E-state index contributed by atoms with van der Waals surface area (Å²) in [6, 6.07) is 8.46. The molecule has 0 radical (unpaired) electrons. The van der Waals surface area contributed by atoms with Crippen molar-refractivity contribution in [1.29, 1.82) is 0 Å². The summed E-state index contributed by atoms with van der Waals surface area (Å²) < 4.78 is 48.2. The molecule has 0 atom stereocenters. The maximum Gasteiger partial charge on any atom is 0.207 e. The Labute approximate surface area is 185 Å². The molecule has 0 bridgehead atoms. The summed E-state index contributed by atoms with van der Waals surface area (Å²) >= 11 is 0. The molecule has 0 N–H and O–H groups in total. The Morgan fingerprint density at radius 3 is 2.00 bits per heavy atom. The number of ether oxygens (including phenoxy) is 4. The van der Waals surface area contributed by atoms with Crippen molar-refractivity contribution < 1.29 is 27.4 Å². The van der Waals surface area contributed by atoms with E-state index >= 15 is 0 Å². The van der Waals surface area contributed by atoms with Gasteiger partial charge in [-0.15, -0.1) is 0 Å². The SMILES string of the molecule is COc1c(C/C=C(\C)CS(=O)(=O)c2ccccc2)c(C)c(OC(C)C)c(OC)c1OC. The smallest absolute Gasteiger partial charge is 0.207 e. The van der Waals surface area contributed by atoms with Gasteiger partial charge in [0.25, 0.3) is 0 Å². The number of allylic oxidation sites excluding steroid dienone is 1. The van der Waals surface area contributed by atoms with Crippen LogP contribution in [-0.2, 0) is 16.3 Å². The third-order valence-corrected chi connectivity index (χ3v) is 6.65. The lowest BCUT2D eigenvalue weighted by Gasteiger charge is -2.23. The number of rotatable bonds is 10. The van der Waals surface area contributed by atoms with Crippen LogP contribution in [0.2, 0.25) is 0 Å². The summed E-state index contributed by atoms with van der Waals surface area (Å²) in [5.74, 6) is 2.00. The van der Waals surface area contributed by atoms with Gasteiger partial charge in [0.1, 0.15) is 0 Å². The van der Waals surface area contributed by atoms with Crippen LogP contribution in [0.3, 0.4) is 0 Å². The number of hydrogen-bond acceptors (Lipinski definition) is 6. The second-order valence-electron chi connectivity index (χ2n) is 7.53. The summed E-state index contributed by atoms with van der Waals surface area (Å²) in [5, 5.41) is 0.